The standard InChI is InChI=1S/C5H11BrN2O3S2/c6-5-13(10,11)8-12(9)3-1-7-2-4-12/h7H,1-5H2. The first kappa shape index (κ1) is 11.4. The largest absolute Gasteiger partial charge is 0.315 e. The quantitative estimate of drug-likeness (QED) is 0.711. The number of nitrogens with one attached hydrogen (secondary N) is 1. The fraction of sp³-hybridized carbons (Fsp3) is 1.00. The number of hydrogen-bond donors (Lipinski definition) is 1. The Labute approximate surface area is 86.6 Å². The summed E-state index contributed by atoms with van der Waals surface area (Å²) in [7, 11) is -6.05. The van der Waals surface area contributed by atoms with Crippen LogP contribution in [0.1, 0.15) is 0 Å². The van der Waals surface area contributed by atoms with Crippen LogP contribution in [0.15, 0.2) is 3.77 Å². The topological polar surface area (TPSA) is 75.6 Å². The van der Waals surface area contributed by atoms with E-state index in [4.69, 9.17) is 0 Å². The first-order valence-electron chi connectivity index (χ1n) is 3.71. The van der Waals surface area contributed by atoms with Crippen LogP contribution < -0.4 is 5.32 Å². The highest BCUT2D eigenvalue weighted by atomic mass is 79.9. The number of halogens is 1. The van der Waals surface area contributed by atoms with Crippen molar-refractivity contribution < 1.29 is 12.6 Å². The molecule has 0 spiro atoms. The van der Waals surface area contributed by atoms with E-state index in [1.54, 1.807) is 0 Å². The first-order valence-corrected chi connectivity index (χ1v) is 8.29. The molecule has 1 aliphatic heterocycles. The summed E-state index contributed by atoms with van der Waals surface area (Å²) >= 11 is 2.80. The van der Waals surface area contributed by atoms with Crippen LogP contribution >= 0.6 is 15.9 Å². The molecule has 0 aromatic heterocycles. The molecule has 1 N–H and O–H groups in total. The SMILES string of the molecule is O=S(=O)(CBr)N=S1(=O)CCNCC1. The lowest BCUT2D eigenvalue weighted by molar-refractivity contribution is 0.602. The number of nitrogens with zero attached hydrogens (tertiary/aromatic N) is 1. The number of alkyl halides is 1. The van der Waals surface area contributed by atoms with Crippen molar-refractivity contribution in [2.45, 2.75) is 0 Å². The molecule has 0 aromatic rings. The molecule has 0 saturated carbocycles. The van der Waals surface area contributed by atoms with Gasteiger partial charge in [-0.25, -0.2) is 12.6 Å². The average Bonchev–Trinajstić information content (AvgIpc) is 2.04. The van der Waals surface area contributed by atoms with E-state index in [0.717, 1.165) is 0 Å². The minimum Gasteiger partial charge on any atom is -0.315 e. The zero-order valence-corrected chi connectivity index (χ0v) is 10.1. The molecule has 1 saturated heterocycles. The lowest BCUT2D eigenvalue weighted by Crippen LogP contribution is -2.36. The highest BCUT2D eigenvalue weighted by molar-refractivity contribution is 9.10. The van der Waals surface area contributed by atoms with Crippen LogP contribution in [0.3, 0.4) is 0 Å². The lowest BCUT2D eigenvalue weighted by atomic mass is 10.6. The number of hydrogen-bond acceptors (Lipinski definition) is 4. The zero-order valence-electron chi connectivity index (χ0n) is 6.90. The van der Waals surface area contributed by atoms with E-state index in [1.165, 1.54) is 0 Å². The van der Waals surface area contributed by atoms with Gasteiger partial charge >= 0.3 is 0 Å². The molecule has 1 fully saturated rings. The Hall–Kier alpha value is 0.340. The summed E-state index contributed by atoms with van der Waals surface area (Å²) in [5.74, 6) is 0.637. The first-order chi connectivity index (χ1) is 5.97. The molecule has 78 valence electrons. The van der Waals surface area contributed by atoms with Gasteiger partial charge in [-0.15, -0.1) is 3.77 Å². The van der Waals surface area contributed by atoms with Gasteiger partial charge in [0.25, 0.3) is 10.0 Å². The van der Waals surface area contributed by atoms with Gasteiger partial charge in [0.05, 0.1) is 9.73 Å². The van der Waals surface area contributed by atoms with Gasteiger partial charge in [-0.1, -0.05) is 15.9 Å². The van der Waals surface area contributed by atoms with Gasteiger partial charge in [0.2, 0.25) is 0 Å². The van der Waals surface area contributed by atoms with Gasteiger partial charge in [0.15, 0.2) is 0 Å². The Bertz CT molecular complexity index is 371. The molecule has 0 aliphatic carbocycles. The monoisotopic (exact) mass is 290 g/mol. The van der Waals surface area contributed by atoms with Crippen molar-refractivity contribution in [3.8, 4) is 0 Å². The fourth-order valence-corrected chi connectivity index (χ4v) is 5.29. The van der Waals surface area contributed by atoms with Crippen LogP contribution in [0.25, 0.3) is 0 Å². The van der Waals surface area contributed by atoms with Crippen molar-refractivity contribution in [2.24, 2.45) is 3.77 Å². The molecule has 8 heteroatoms. The zero-order chi connectivity index (χ0) is 9.95. The van der Waals surface area contributed by atoms with E-state index in [2.05, 4.69) is 25.0 Å². The van der Waals surface area contributed by atoms with Crippen molar-refractivity contribution in [1.29, 1.82) is 0 Å². The van der Waals surface area contributed by atoms with Crippen molar-refractivity contribution >= 4 is 35.7 Å². The van der Waals surface area contributed by atoms with Gasteiger partial charge in [-0.05, 0) is 0 Å². The van der Waals surface area contributed by atoms with Gasteiger partial charge in [0, 0.05) is 24.6 Å². The summed E-state index contributed by atoms with van der Waals surface area (Å²) in [6.45, 7) is 1.14. The molecule has 0 unspecified atom stereocenters. The third-order valence-corrected chi connectivity index (χ3v) is 7.27. The fourth-order valence-electron chi connectivity index (χ4n) is 0.992. The summed E-state index contributed by atoms with van der Waals surface area (Å²) < 4.78 is 37.1. The molecule has 1 heterocycles. The van der Waals surface area contributed by atoms with E-state index < -0.39 is 19.8 Å². The minimum absolute atomic E-state index is 0.260. The number of rotatable bonds is 2. The third-order valence-electron chi connectivity index (χ3n) is 1.58. The van der Waals surface area contributed by atoms with Crippen molar-refractivity contribution in [3.05, 3.63) is 0 Å². The molecule has 13 heavy (non-hydrogen) atoms. The third kappa shape index (κ3) is 3.53. The molecular formula is C5H11BrN2O3S2. The van der Waals surface area contributed by atoms with Crippen LogP contribution in [0.2, 0.25) is 0 Å². The molecule has 1 rings (SSSR count). The Kier molecular flexibility index (Phi) is 3.73. The maximum Gasteiger partial charge on any atom is 0.270 e. The Morgan fingerprint density at radius 3 is 2.38 bits per heavy atom. The molecule has 5 nitrogen and oxygen atoms in total. The maximum absolute atomic E-state index is 11.8. The Balaban J connectivity index is 2.97. The highest BCUT2D eigenvalue weighted by Crippen LogP contribution is 2.07. The second kappa shape index (κ2) is 4.24. The van der Waals surface area contributed by atoms with Crippen LogP contribution in [-0.2, 0) is 19.8 Å². The van der Waals surface area contributed by atoms with Gasteiger partial charge in [-0.3, -0.25) is 0 Å². The van der Waals surface area contributed by atoms with Gasteiger partial charge < -0.3 is 5.32 Å². The molecule has 0 atom stereocenters. The summed E-state index contributed by atoms with van der Waals surface area (Å²) in [6, 6.07) is 0. The van der Waals surface area contributed by atoms with E-state index in [9.17, 15) is 12.6 Å². The van der Waals surface area contributed by atoms with E-state index in [-0.39, 0.29) is 4.66 Å². The van der Waals surface area contributed by atoms with Gasteiger partial charge in [0.1, 0.15) is 4.66 Å². The average molecular weight is 291 g/mol. The molecule has 0 bridgehead atoms. The predicted octanol–water partition coefficient (Wildman–Crippen LogP) is -0.260. The second-order valence-electron chi connectivity index (χ2n) is 2.70. The van der Waals surface area contributed by atoms with E-state index in [1.807, 2.05) is 0 Å². The minimum atomic E-state index is -3.54. The summed E-state index contributed by atoms with van der Waals surface area (Å²) in [4.78, 5) is 0. The summed E-state index contributed by atoms with van der Waals surface area (Å²) in [6.07, 6.45) is 0. The normalized spacial score (nSPS) is 22.5. The molecule has 0 aromatic carbocycles. The van der Waals surface area contributed by atoms with E-state index in [0.29, 0.717) is 24.6 Å². The Morgan fingerprint density at radius 2 is 1.92 bits per heavy atom. The Morgan fingerprint density at radius 1 is 1.38 bits per heavy atom. The summed E-state index contributed by atoms with van der Waals surface area (Å²) in [5, 5.41) is 3.00. The molecule has 1 aliphatic rings. The van der Waals surface area contributed by atoms with Crippen LogP contribution in [0.4, 0.5) is 0 Å². The number of sulfonamides is 1. The highest BCUT2D eigenvalue weighted by Gasteiger charge is 2.18. The predicted molar refractivity (Wildman–Crippen MR) is 55.9 cm³/mol. The van der Waals surface area contributed by atoms with Gasteiger partial charge in [-0.2, -0.15) is 0 Å². The second-order valence-corrected chi connectivity index (χ2v) is 8.41. The van der Waals surface area contributed by atoms with Crippen molar-refractivity contribution in [2.75, 3.05) is 29.3 Å². The van der Waals surface area contributed by atoms with E-state index >= 15 is 0 Å². The smallest absolute Gasteiger partial charge is 0.270 e. The summed E-state index contributed by atoms with van der Waals surface area (Å²) in [5.41, 5.74) is 0. The molecular weight excluding hydrogens is 280 g/mol. The van der Waals surface area contributed by atoms with Crippen molar-refractivity contribution in [1.82, 2.24) is 5.32 Å². The maximum atomic E-state index is 11.8. The van der Waals surface area contributed by atoms with Crippen LogP contribution in [-0.4, -0.2) is 41.9 Å². The molecule has 0 radical (unpaired) electrons. The van der Waals surface area contributed by atoms with Crippen molar-refractivity contribution in [3.63, 3.8) is 0 Å². The molecule has 0 amide bonds. The van der Waals surface area contributed by atoms with Crippen LogP contribution in [0, 0.1) is 0 Å². The van der Waals surface area contributed by atoms with Crippen LogP contribution in [0.5, 0.6) is 0 Å². The lowest BCUT2D eigenvalue weighted by Gasteiger charge is -2.15.